The lowest BCUT2D eigenvalue weighted by atomic mass is 9.99. The molecule has 96 heavy (non-hydrogen) atoms. The highest BCUT2D eigenvalue weighted by Gasteiger charge is 2.24. The average molecular weight is 1280 g/mol. The molecule has 0 amide bonds. The van der Waals surface area contributed by atoms with Crippen LogP contribution in [0.1, 0.15) is 0 Å². The first-order valence-electron chi connectivity index (χ1n) is 32.3. The number of hydrogen-bond acceptors (Lipinski definition) is 6. The lowest BCUT2D eigenvalue weighted by Gasteiger charge is -2.11. The number of aromatic nitrogens is 6. The second-order valence-electron chi connectivity index (χ2n) is 25.2. The van der Waals surface area contributed by atoms with Crippen molar-refractivity contribution in [2.24, 2.45) is 0 Å². The van der Waals surface area contributed by atoms with E-state index in [1.165, 1.54) is 68.2 Å². The van der Waals surface area contributed by atoms with E-state index in [-0.39, 0.29) is 0 Å². The number of rotatable bonds is 7. The van der Waals surface area contributed by atoms with E-state index in [2.05, 4.69) is 297 Å². The molecule has 0 spiro atoms. The molecule has 0 saturated carbocycles. The van der Waals surface area contributed by atoms with Crippen LogP contribution in [0.4, 0.5) is 0 Å². The topological polar surface area (TPSA) is 58.6 Å². The summed E-state index contributed by atoms with van der Waals surface area (Å²) in [6.45, 7) is 0. The SMILES string of the molecule is c1ccc(-n2c3ccccc3c3cc(-c4ccc5c6cc(-c7cccc(-n8c9ccccc9c9cc(-c%10ccc%11c%12ccccc%12n(-c%12nc%13c(ccc%14sc%15ccccc%15c%14%13)s%12)c%11c%10)ccc98)c7)ccc6n(-c6nc7c(ccc8oc9ccccc9c87)s6)c5c4)ccc32)cc1. The van der Waals surface area contributed by atoms with Gasteiger partial charge in [0, 0.05) is 80.0 Å². The molecule has 7 nitrogen and oxygen atoms in total. The molecule has 0 aliphatic carbocycles. The molecule has 0 radical (unpaired) electrons. The zero-order chi connectivity index (χ0) is 62.4. The molecular weight excluding hydrogens is 1230 g/mol. The molecule has 0 N–H and O–H groups in total. The van der Waals surface area contributed by atoms with Crippen molar-refractivity contribution in [3.8, 4) is 55.0 Å². The molecule has 8 heterocycles. The number of fused-ring (bicyclic) bond motifs is 22. The van der Waals surface area contributed by atoms with Gasteiger partial charge < -0.3 is 13.6 Å². The second kappa shape index (κ2) is 19.8. The Hall–Kier alpha value is -11.9. The Morgan fingerprint density at radius 3 is 1.29 bits per heavy atom. The van der Waals surface area contributed by atoms with Crippen LogP contribution in [0, 0.1) is 0 Å². The van der Waals surface area contributed by atoms with E-state index < -0.39 is 0 Å². The van der Waals surface area contributed by atoms with E-state index in [4.69, 9.17) is 14.4 Å². The maximum absolute atomic E-state index is 6.41. The lowest BCUT2D eigenvalue weighted by molar-refractivity contribution is 0.669. The van der Waals surface area contributed by atoms with Crippen LogP contribution < -0.4 is 0 Å². The zero-order valence-corrected chi connectivity index (χ0v) is 53.5. The third-order valence-corrected chi connectivity index (χ3v) is 23.2. The van der Waals surface area contributed by atoms with Crippen molar-refractivity contribution in [1.29, 1.82) is 0 Å². The molecule has 446 valence electrons. The third-order valence-electron chi connectivity index (χ3n) is 20.1. The van der Waals surface area contributed by atoms with E-state index in [0.29, 0.717) is 0 Å². The Morgan fingerprint density at radius 1 is 0.229 bits per heavy atom. The lowest BCUT2D eigenvalue weighted by Crippen LogP contribution is -1.95. The van der Waals surface area contributed by atoms with Gasteiger partial charge in [-0.25, -0.2) is 9.97 Å². The van der Waals surface area contributed by atoms with E-state index >= 15 is 0 Å². The first kappa shape index (κ1) is 52.6. The number of thiazole rings is 2. The Kier molecular flexibility index (Phi) is 10.8. The minimum Gasteiger partial charge on any atom is -0.456 e. The van der Waals surface area contributed by atoms with Crippen molar-refractivity contribution in [3.63, 3.8) is 0 Å². The molecule has 0 unspecified atom stereocenters. The summed E-state index contributed by atoms with van der Waals surface area (Å²) < 4.78 is 20.9. The molecule has 8 aromatic heterocycles. The van der Waals surface area contributed by atoms with E-state index in [1.54, 1.807) is 22.7 Å². The van der Waals surface area contributed by atoms with Crippen LogP contribution in [0.5, 0.6) is 0 Å². The van der Waals surface area contributed by atoms with Crippen molar-refractivity contribution >= 4 is 184 Å². The fourth-order valence-corrected chi connectivity index (χ4v) is 18.9. The normalized spacial score (nSPS) is 12.4. The Bertz CT molecular complexity index is 7110. The maximum Gasteiger partial charge on any atom is 0.195 e. The quantitative estimate of drug-likeness (QED) is 0.160. The predicted octanol–water partition coefficient (Wildman–Crippen LogP) is 24.6. The number of nitrogens with zero attached hydrogens (tertiary/aromatic N) is 6. The van der Waals surface area contributed by atoms with Gasteiger partial charge in [-0.3, -0.25) is 9.13 Å². The molecule has 14 aromatic carbocycles. The highest BCUT2D eigenvalue weighted by Crippen LogP contribution is 2.47. The van der Waals surface area contributed by atoms with Gasteiger partial charge in [-0.05, 0) is 161 Å². The first-order valence-corrected chi connectivity index (χ1v) is 34.8. The Balaban J connectivity index is 0.674. The summed E-state index contributed by atoms with van der Waals surface area (Å²) in [6.07, 6.45) is 0. The molecule has 0 saturated heterocycles. The molecule has 10 heteroatoms. The Morgan fingerprint density at radius 2 is 0.656 bits per heavy atom. The predicted molar refractivity (Wildman–Crippen MR) is 407 cm³/mol. The number of furan rings is 1. The fourth-order valence-electron chi connectivity index (χ4n) is 15.8. The average Bonchev–Trinajstić information content (AvgIpc) is 1.58. The van der Waals surface area contributed by atoms with Crippen molar-refractivity contribution < 1.29 is 4.42 Å². The van der Waals surface area contributed by atoms with Gasteiger partial charge in [0.2, 0.25) is 0 Å². The molecule has 0 fully saturated rings. The van der Waals surface area contributed by atoms with Crippen LogP contribution in [-0.2, 0) is 0 Å². The summed E-state index contributed by atoms with van der Waals surface area (Å²) in [5, 5.41) is 16.1. The summed E-state index contributed by atoms with van der Waals surface area (Å²) in [7, 11) is 0. The van der Waals surface area contributed by atoms with E-state index in [1.807, 2.05) is 23.5 Å². The van der Waals surface area contributed by atoms with Gasteiger partial charge >= 0.3 is 0 Å². The summed E-state index contributed by atoms with van der Waals surface area (Å²) in [4.78, 5) is 11.1. The minimum absolute atomic E-state index is 0.844. The summed E-state index contributed by atoms with van der Waals surface area (Å²) in [5.41, 5.74) is 22.0. The summed E-state index contributed by atoms with van der Waals surface area (Å²) >= 11 is 5.33. The third kappa shape index (κ3) is 7.51. The molecule has 22 aromatic rings. The van der Waals surface area contributed by atoms with Gasteiger partial charge in [-0.2, -0.15) is 0 Å². The van der Waals surface area contributed by atoms with Crippen molar-refractivity contribution in [2.75, 3.05) is 0 Å². The zero-order valence-electron chi connectivity index (χ0n) is 51.0. The smallest absolute Gasteiger partial charge is 0.195 e. The van der Waals surface area contributed by atoms with Crippen LogP contribution in [0.2, 0.25) is 0 Å². The second-order valence-corrected chi connectivity index (χ2v) is 28.3. The molecule has 0 atom stereocenters. The summed E-state index contributed by atoms with van der Waals surface area (Å²) in [5.74, 6) is 0. The van der Waals surface area contributed by atoms with Crippen LogP contribution in [0.25, 0.3) is 205 Å². The highest BCUT2D eigenvalue weighted by molar-refractivity contribution is 7.26. The molecular formula is C86H48N6OS3. The Labute approximate surface area is 558 Å². The van der Waals surface area contributed by atoms with Gasteiger partial charge in [-0.15, -0.1) is 11.3 Å². The number of benzene rings is 14. The summed E-state index contributed by atoms with van der Waals surface area (Å²) in [6, 6.07) is 107. The van der Waals surface area contributed by atoms with Gasteiger partial charge in [-0.1, -0.05) is 186 Å². The maximum atomic E-state index is 6.41. The van der Waals surface area contributed by atoms with E-state index in [9.17, 15) is 0 Å². The minimum atomic E-state index is 0.844. The van der Waals surface area contributed by atoms with E-state index in [0.717, 1.165) is 137 Å². The first-order chi connectivity index (χ1) is 47.6. The standard InChI is InChI=1S/C86H48N6OS3/c1-2-16-55(17-3-1)89-67-24-9-5-20-58(67)64-45-51(31-36-70(64)89)54-30-35-61-66-44-50(33-38-72(66)92(74(61)48-54)85-87-83-79(95-85)40-39-76-81(83)62-22-7-12-27-75(62)93-76)49-15-14-18-56(43-49)90-68-25-10-6-21-59(68)65-46-52(32-37-71(65)90)53-29-34-60-57-19-4-11-26-69(57)91(73(60)47-53)86-88-84-80(96-86)42-41-78-82(84)63-23-8-13-28-77(63)94-78/h1-48H. The van der Waals surface area contributed by atoms with Crippen LogP contribution in [-0.4, -0.2) is 28.2 Å². The monoisotopic (exact) mass is 1280 g/mol. The van der Waals surface area contributed by atoms with Gasteiger partial charge in [0.05, 0.1) is 70.0 Å². The van der Waals surface area contributed by atoms with Gasteiger partial charge in [0.1, 0.15) is 11.2 Å². The molecule has 22 rings (SSSR count). The number of thiophene rings is 1. The highest BCUT2D eigenvalue weighted by atomic mass is 32.1. The van der Waals surface area contributed by atoms with Crippen molar-refractivity contribution in [2.45, 2.75) is 0 Å². The van der Waals surface area contributed by atoms with Crippen molar-refractivity contribution in [3.05, 3.63) is 291 Å². The van der Waals surface area contributed by atoms with Gasteiger partial charge in [0.25, 0.3) is 0 Å². The number of hydrogen-bond donors (Lipinski definition) is 0. The van der Waals surface area contributed by atoms with Crippen molar-refractivity contribution in [1.82, 2.24) is 28.2 Å². The molecule has 0 aliphatic rings. The van der Waals surface area contributed by atoms with Crippen LogP contribution in [0.3, 0.4) is 0 Å². The molecule has 0 bridgehead atoms. The van der Waals surface area contributed by atoms with Gasteiger partial charge in [0.15, 0.2) is 10.3 Å². The molecule has 0 aliphatic heterocycles. The fraction of sp³-hybridized carbons (Fsp3) is 0. The number of para-hydroxylation sites is 5. The van der Waals surface area contributed by atoms with Crippen LogP contribution >= 0.6 is 34.0 Å². The van der Waals surface area contributed by atoms with Crippen LogP contribution in [0.15, 0.2) is 296 Å². The largest absolute Gasteiger partial charge is 0.456 e.